The fourth-order valence-electron chi connectivity index (χ4n) is 2.69. The lowest BCUT2D eigenvalue weighted by Gasteiger charge is -2.27. The first kappa shape index (κ1) is 13.9. The van der Waals surface area contributed by atoms with Crippen LogP contribution in [0.2, 0.25) is 0 Å². The number of aryl methyl sites for hydroxylation is 1. The number of nitrogens with zero attached hydrogens (tertiary/aromatic N) is 2. The summed E-state index contributed by atoms with van der Waals surface area (Å²) in [7, 11) is 0. The lowest BCUT2D eigenvalue weighted by Crippen LogP contribution is -2.25. The van der Waals surface area contributed by atoms with Crippen LogP contribution in [0.4, 0.5) is 14.6 Å². The largest absolute Gasteiger partial charge is 0.434 e. The molecule has 0 saturated carbocycles. The molecule has 2 heterocycles. The summed E-state index contributed by atoms with van der Waals surface area (Å²) >= 11 is 0. The molecule has 6 heteroatoms. The molecule has 0 fully saturated rings. The number of alkyl halides is 2. The number of hydrogen-bond acceptors (Lipinski definition) is 3. The van der Waals surface area contributed by atoms with Crippen LogP contribution in [0.3, 0.4) is 0 Å². The highest BCUT2D eigenvalue weighted by molar-refractivity contribution is 5.44. The SMILES string of the molecule is CCc1cc2n(n1)C(c1ccccc1OC(F)F)CCN2. The quantitative estimate of drug-likeness (QED) is 0.938. The molecule has 112 valence electrons. The molecular weight excluding hydrogens is 276 g/mol. The molecule has 0 bridgehead atoms. The molecule has 0 saturated heterocycles. The fraction of sp³-hybridized carbons (Fsp3) is 0.400. The van der Waals surface area contributed by atoms with E-state index in [0.29, 0.717) is 0 Å². The summed E-state index contributed by atoms with van der Waals surface area (Å²) in [6, 6.07) is 8.85. The zero-order valence-corrected chi connectivity index (χ0v) is 11.7. The van der Waals surface area contributed by atoms with Gasteiger partial charge in [-0.3, -0.25) is 0 Å². The van der Waals surface area contributed by atoms with Crippen molar-refractivity contribution in [2.24, 2.45) is 0 Å². The maximum absolute atomic E-state index is 12.6. The van der Waals surface area contributed by atoms with E-state index in [-0.39, 0.29) is 11.8 Å². The van der Waals surface area contributed by atoms with Gasteiger partial charge in [-0.1, -0.05) is 25.1 Å². The van der Waals surface area contributed by atoms with Crippen LogP contribution in [-0.4, -0.2) is 22.9 Å². The van der Waals surface area contributed by atoms with Gasteiger partial charge < -0.3 is 10.1 Å². The zero-order chi connectivity index (χ0) is 14.8. The number of ether oxygens (including phenoxy) is 1. The second kappa shape index (κ2) is 5.71. The van der Waals surface area contributed by atoms with Crippen molar-refractivity contribution in [2.45, 2.75) is 32.4 Å². The Hall–Kier alpha value is -2.11. The van der Waals surface area contributed by atoms with E-state index in [1.54, 1.807) is 12.1 Å². The van der Waals surface area contributed by atoms with Crippen molar-refractivity contribution in [1.82, 2.24) is 9.78 Å². The van der Waals surface area contributed by atoms with Crippen molar-refractivity contribution >= 4 is 5.82 Å². The topological polar surface area (TPSA) is 39.1 Å². The number of benzene rings is 1. The van der Waals surface area contributed by atoms with Crippen LogP contribution in [-0.2, 0) is 6.42 Å². The van der Waals surface area contributed by atoms with Gasteiger partial charge in [0.15, 0.2) is 0 Å². The van der Waals surface area contributed by atoms with Crippen LogP contribution in [0.1, 0.15) is 30.6 Å². The molecule has 21 heavy (non-hydrogen) atoms. The van der Waals surface area contributed by atoms with Crippen LogP contribution in [0.25, 0.3) is 0 Å². The maximum atomic E-state index is 12.6. The molecule has 0 aliphatic carbocycles. The van der Waals surface area contributed by atoms with Gasteiger partial charge in [-0.2, -0.15) is 13.9 Å². The van der Waals surface area contributed by atoms with Crippen LogP contribution in [0.5, 0.6) is 5.75 Å². The van der Waals surface area contributed by atoms with Gasteiger partial charge >= 0.3 is 6.61 Å². The average Bonchev–Trinajstić information content (AvgIpc) is 2.90. The molecule has 0 spiro atoms. The van der Waals surface area contributed by atoms with E-state index in [1.807, 2.05) is 29.8 Å². The minimum atomic E-state index is -2.82. The van der Waals surface area contributed by atoms with E-state index in [2.05, 4.69) is 15.2 Å². The third kappa shape index (κ3) is 2.70. The molecule has 4 nitrogen and oxygen atoms in total. The number of rotatable bonds is 4. The molecule has 0 amide bonds. The minimum absolute atomic E-state index is 0.0866. The second-order valence-corrected chi connectivity index (χ2v) is 4.97. The lowest BCUT2D eigenvalue weighted by molar-refractivity contribution is -0.0507. The van der Waals surface area contributed by atoms with E-state index in [1.165, 1.54) is 0 Å². The van der Waals surface area contributed by atoms with Crippen molar-refractivity contribution in [3.8, 4) is 5.75 Å². The highest BCUT2D eigenvalue weighted by Gasteiger charge is 2.26. The van der Waals surface area contributed by atoms with E-state index in [9.17, 15) is 8.78 Å². The Morgan fingerprint density at radius 2 is 2.24 bits per heavy atom. The smallest absolute Gasteiger partial charge is 0.387 e. The predicted molar refractivity (Wildman–Crippen MR) is 75.9 cm³/mol. The lowest BCUT2D eigenvalue weighted by atomic mass is 10.0. The summed E-state index contributed by atoms with van der Waals surface area (Å²) in [5, 5.41) is 7.85. The Labute approximate surface area is 121 Å². The summed E-state index contributed by atoms with van der Waals surface area (Å²) in [6.07, 6.45) is 1.62. The van der Waals surface area contributed by atoms with Crippen molar-refractivity contribution < 1.29 is 13.5 Å². The van der Waals surface area contributed by atoms with Gasteiger partial charge in [-0.05, 0) is 18.9 Å². The Bertz CT molecular complexity index is 627. The Morgan fingerprint density at radius 3 is 3.00 bits per heavy atom. The van der Waals surface area contributed by atoms with Gasteiger partial charge in [-0.25, -0.2) is 4.68 Å². The maximum Gasteiger partial charge on any atom is 0.387 e. The molecule has 1 aromatic heterocycles. The van der Waals surface area contributed by atoms with Gasteiger partial charge in [0.05, 0.1) is 11.7 Å². The van der Waals surface area contributed by atoms with E-state index in [4.69, 9.17) is 0 Å². The van der Waals surface area contributed by atoms with Crippen molar-refractivity contribution in [1.29, 1.82) is 0 Å². The van der Waals surface area contributed by atoms with E-state index >= 15 is 0 Å². The number of aromatic nitrogens is 2. The van der Waals surface area contributed by atoms with E-state index in [0.717, 1.165) is 36.5 Å². The highest BCUT2D eigenvalue weighted by atomic mass is 19.3. The Kier molecular flexibility index (Phi) is 3.77. The number of hydrogen-bond donors (Lipinski definition) is 1. The third-order valence-electron chi connectivity index (χ3n) is 3.66. The van der Waals surface area contributed by atoms with Gasteiger partial charge in [0.2, 0.25) is 0 Å². The second-order valence-electron chi connectivity index (χ2n) is 4.97. The van der Waals surface area contributed by atoms with Crippen LogP contribution < -0.4 is 10.1 Å². The fourth-order valence-corrected chi connectivity index (χ4v) is 2.69. The number of fused-ring (bicyclic) bond motifs is 1. The van der Waals surface area contributed by atoms with Crippen molar-refractivity contribution in [2.75, 3.05) is 11.9 Å². The summed E-state index contributed by atoms with van der Waals surface area (Å²) in [5.41, 5.74) is 1.72. The standard InChI is InChI=1S/C15H17F2N3O/c1-2-10-9-14-18-8-7-12(20(14)19-10)11-5-3-4-6-13(11)21-15(16)17/h3-6,9,12,15,18H,2,7-8H2,1H3. The predicted octanol–water partition coefficient (Wildman–Crippen LogP) is 3.45. The molecule has 0 radical (unpaired) electrons. The molecular formula is C15H17F2N3O. The highest BCUT2D eigenvalue weighted by Crippen LogP contribution is 2.35. The number of nitrogens with one attached hydrogen (secondary N) is 1. The first-order valence-corrected chi connectivity index (χ1v) is 7.05. The number of halogens is 2. The van der Waals surface area contributed by atoms with Crippen molar-refractivity contribution in [3.63, 3.8) is 0 Å². The van der Waals surface area contributed by atoms with Gasteiger partial charge in [-0.15, -0.1) is 0 Å². The third-order valence-corrected chi connectivity index (χ3v) is 3.66. The van der Waals surface area contributed by atoms with E-state index < -0.39 is 6.61 Å². The molecule has 1 aliphatic heterocycles. The Balaban J connectivity index is 2.00. The molecule has 1 aliphatic rings. The zero-order valence-electron chi connectivity index (χ0n) is 11.7. The number of anilines is 1. The Morgan fingerprint density at radius 1 is 1.43 bits per heavy atom. The molecule has 1 N–H and O–H groups in total. The van der Waals surface area contributed by atoms with Gasteiger partial charge in [0.1, 0.15) is 11.6 Å². The summed E-state index contributed by atoms with van der Waals surface area (Å²) in [5.74, 6) is 1.15. The minimum Gasteiger partial charge on any atom is -0.434 e. The normalized spacial score (nSPS) is 17.4. The molecule has 1 atom stereocenters. The van der Waals surface area contributed by atoms with Crippen LogP contribution >= 0.6 is 0 Å². The van der Waals surface area contributed by atoms with Crippen LogP contribution in [0, 0.1) is 0 Å². The van der Waals surface area contributed by atoms with Gasteiger partial charge in [0, 0.05) is 18.2 Å². The molecule has 2 aromatic rings. The molecule has 1 aromatic carbocycles. The first-order valence-electron chi connectivity index (χ1n) is 7.05. The molecule has 1 unspecified atom stereocenters. The van der Waals surface area contributed by atoms with Crippen LogP contribution in [0.15, 0.2) is 30.3 Å². The summed E-state index contributed by atoms with van der Waals surface area (Å²) in [4.78, 5) is 0. The number of para-hydroxylation sites is 1. The molecule has 3 rings (SSSR count). The van der Waals surface area contributed by atoms with Gasteiger partial charge in [0.25, 0.3) is 0 Å². The summed E-state index contributed by atoms with van der Waals surface area (Å²) < 4.78 is 31.7. The van der Waals surface area contributed by atoms with Crippen molar-refractivity contribution in [3.05, 3.63) is 41.6 Å². The monoisotopic (exact) mass is 293 g/mol. The first-order chi connectivity index (χ1) is 10.2. The average molecular weight is 293 g/mol. The summed E-state index contributed by atoms with van der Waals surface area (Å²) in [6.45, 7) is -0.00382.